The second-order valence-electron chi connectivity index (χ2n) is 4.49. The van der Waals surface area contributed by atoms with E-state index in [0.29, 0.717) is 0 Å². The fourth-order valence-electron chi connectivity index (χ4n) is 2.58. The Morgan fingerprint density at radius 2 is 2.35 bits per heavy atom. The molecule has 1 atom stereocenters. The molecule has 3 heterocycles. The summed E-state index contributed by atoms with van der Waals surface area (Å²) in [7, 11) is 0. The van der Waals surface area contributed by atoms with Gasteiger partial charge in [0, 0.05) is 12.7 Å². The molecule has 2 aromatic heterocycles. The van der Waals surface area contributed by atoms with Crippen LogP contribution >= 0.6 is 0 Å². The van der Waals surface area contributed by atoms with Crippen LogP contribution in [0.15, 0.2) is 29.0 Å². The third kappa shape index (κ3) is 1.78. The summed E-state index contributed by atoms with van der Waals surface area (Å²) in [6, 6.07) is 4.01. The summed E-state index contributed by atoms with van der Waals surface area (Å²) in [5, 5.41) is 10.5. The number of aromatic nitrogens is 1. The van der Waals surface area contributed by atoms with E-state index in [4.69, 9.17) is 4.42 Å². The minimum Gasteiger partial charge on any atom is -0.464 e. The van der Waals surface area contributed by atoms with Gasteiger partial charge < -0.3 is 14.4 Å². The molecule has 0 saturated carbocycles. The number of fused-ring (bicyclic) bond motifs is 1. The minimum atomic E-state index is 0.190. The van der Waals surface area contributed by atoms with E-state index in [1.54, 1.807) is 12.5 Å². The van der Waals surface area contributed by atoms with Gasteiger partial charge in [0.2, 0.25) is 0 Å². The van der Waals surface area contributed by atoms with Crippen LogP contribution in [0.4, 0.5) is 5.82 Å². The molecule has 2 aromatic rings. The van der Waals surface area contributed by atoms with Crippen LogP contribution in [-0.4, -0.2) is 29.3 Å². The van der Waals surface area contributed by atoms with Gasteiger partial charge in [-0.05, 0) is 31.4 Å². The molecule has 1 aliphatic heterocycles. The molecule has 17 heavy (non-hydrogen) atoms. The molecule has 3 rings (SSSR count). The number of hydrogen-bond acceptors (Lipinski definition) is 4. The van der Waals surface area contributed by atoms with Gasteiger partial charge in [0.15, 0.2) is 0 Å². The van der Waals surface area contributed by atoms with Crippen LogP contribution in [0, 0.1) is 0 Å². The second-order valence-corrected chi connectivity index (χ2v) is 4.49. The summed E-state index contributed by atoms with van der Waals surface area (Å²) in [4.78, 5) is 6.67. The van der Waals surface area contributed by atoms with Crippen molar-refractivity contribution in [1.29, 1.82) is 0 Å². The molecule has 1 N–H and O–H groups in total. The molecule has 0 aliphatic carbocycles. The number of anilines is 1. The number of pyridine rings is 1. The van der Waals surface area contributed by atoms with Crippen LogP contribution in [0.25, 0.3) is 11.0 Å². The van der Waals surface area contributed by atoms with Crippen molar-refractivity contribution in [2.45, 2.75) is 25.3 Å². The lowest BCUT2D eigenvalue weighted by Crippen LogP contribution is -2.42. The highest BCUT2D eigenvalue weighted by Gasteiger charge is 2.24. The number of aliphatic hydroxyl groups excluding tert-OH is 1. The van der Waals surface area contributed by atoms with Gasteiger partial charge in [-0.25, -0.2) is 4.98 Å². The molecule has 0 radical (unpaired) electrons. The Morgan fingerprint density at radius 1 is 1.41 bits per heavy atom. The van der Waals surface area contributed by atoms with Crippen LogP contribution in [0.2, 0.25) is 0 Å². The zero-order valence-corrected chi connectivity index (χ0v) is 9.67. The molecule has 0 spiro atoms. The number of furan rings is 1. The summed E-state index contributed by atoms with van der Waals surface area (Å²) in [6.45, 7) is 1.15. The van der Waals surface area contributed by atoms with Crippen molar-refractivity contribution < 1.29 is 9.52 Å². The average Bonchev–Trinajstić information content (AvgIpc) is 2.86. The van der Waals surface area contributed by atoms with Crippen molar-refractivity contribution >= 4 is 16.8 Å². The first-order chi connectivity index (χ1) is 8.40. The van der Waals surface area contributed by atoms with Crippen molar-refractivity contribution in [2.75, 3.05) is 18.1 Å². The molecular formula is C13H16N2O2. The van der Waals surface area contributed by atoms with Crippen molar-refractivity contribution in [3.8, 4) is 0 Å². The lowest BCUT2D eigenvalue weighted by Gasteiger charge is -2.35. The summed E-state index contributed by atoms with van der Waals surface area (Å²) < 4.78 is 5.39. The molecular weight excluding hydrogens is 216 g/mol. The SMILES string of the molecule is OCC1CCCCN1c1nccc2occc12. The van der Waals surface area contributed by atoms with E-state index in [2.05, 4.69) is 9.88 Å². The highest BCUT2D eigenvalue weighted by atomic mass is 16.3. The predicted molar refractivity (Wildman–Crippen MR) is 66.1 cm³/mol. The van der Waals surface area contributed by atoms with Gasteiger partial charge >= 0.3 is 0 Å². The number of nitrogens with zero attached hydrogens (tertiary/aromatic N) is 2. The molecule has 1 aliphatic rings. The summed E-state index contributed by atoms with van der Waals surface area (Å²) in [6.07, 6.45) is 6.83. The van der Waals surface area contributed by atoms with Crippen molar-refractivity contribution in [2.24, 2.45) is 0 Å². The van der Waals surface area contributed by atoms with E-state index >= 15 is 0 Å². The molecule has 90 valence electrons. The topological polar surface area (TPSA) is 49.5 Å². The predicted octanol–water partition coefficient (Wildman–Crippen LogP) is 2.18. The average molecular weight is 232 g/mol. The van der Waals surface area contributed by atoms with Gasteiger partial charge in [-0.2, -0.15) is 0 Å². The Hall–Kier alpha value is -1.55. The van der Waals surface area contributed by atoms with Gasteiger partial charge in [-0.3, -0.25) is 0 Å². The van der Waals surface area contributed by atoms with E-state index in [1.807, 2.05) is 12.1 Å². The number of piperidine rings is 1. The molecule has 0 bridgehead atoms. The Balaban J connectivity index is 2.04. The largest absolute Gasteiger partial charge is 0.464 e. The van der Waals surface area contributed by atoms with Crippen molar-refractivity contribution in [3.63, 3.8) is 0 Å². The Kier molecular flexibility index (Phi) is 2.73. The molecule has 1 fully saturated rings. The van der Waals surface area contributed by atoms with Gasteiger partial charge in [0.05, 0.1) is 24.3 Å². The fourth-order valence-corrected chi connectivity index (χ4v) is 2.58. The maximum absolute atomic E-state index is 9.45. The van der Waals surface area contributed by atoms with Crippen LogP contribution in [0.1, 0.15) is 19.3 Å². The second kappa shape index (κ2) is 4.37. The normalized spacial score (nSPS) is 21.0. The van der Waals surface area contributed by atoms with E-state index in [9.17, 15) is 5.11 Å². The lowest BCUT2D eigenvalue weighted by molar-refractivity contribution is 0.239. The fraction of sp³-hybridized carbons (Fsp3) is 0.462. The van der Waals surface area contributed by atoms with Crippen molar-refractivity contribution in [1.82, 2.24) is 4.98 Å². The molecule has 4 heteroatoms. The van der Waals surface area contributed by atoms with E-state index in [0.717, 1.165) is 36.2 Å². The highest BCUT2D eigenvalue weighted by Crippen LogP contribution is 2.29. The first kappa shape index (κ1) is 10.6. The van der Waals surface area contributed by atoms with Gasteiger partial charge in [-0.15, -0.1) is 0 Å². The summed E-state index contributed by atoms with van der Waals surface area (Å²) in [5.74, 6) is 0.940. The van der Waals surface area contributed by atoms with Gasteiger partial charge in [-0.1, -0.05) is 0 Å². The van der Waals surface area contributed by atoms with Gasteiger partial charge in [0.1, 0.15) is 11.4 Å². The monoisotopic (exact) mass is 232 g/mol. The molecule has 0 amide bonds. The summed E-state index contributed by atoms with van der Waals surface area (Å²) >= 11 is 0. The van der Waals surface area contributed by atoms with Gasteiger partial charge in [0.25, 0.3) is 0 Å². The first-order valence-electron chi connectivity index (χ1n) is 6.10. The van der Waals surface area contributed by atoms with Crippen molar-refractivity contribution in [3.05, 3.63) is 24.6 Å². The highest BCUT2D eigenvalue weighted by molar-refractivity contribution is 5.88. The zero-order valence-electron chi connectivity index (χ0n) is 9.67. The number of aliphatic hydroxyl groups is 1. The number of rotatable bonds is 2. The Labute approximate surface area is 99.9 Å². The molecule has 4 nitrogen and oxygen atoms in total. The first-order valence-corrected chi connectivity index (χ1v) is 6.10. The smallest absolute Gasteiger partial charge is 0.140 e. The van der Waals surface area contributed by atoms with E-state index < -0.39 is 0 Å². The lowest BCUT2D eigenvalue weighted by atomic mass is 10.0. The maximum atomic E-state index is 9.45. The van der Waals surface area contributed by atoms with Crippen LogP contribution < -0.4 is 4.90 Å². The van der Waals surface area contributed by atoms with Crippen LogP contribution in [0.5, 0.6) is 0 Å². The zero-order chi connectivity index (χ0) is 11.7. The van der Waals surface area contributed by atoms with Crippen LogP contribution in [0.3, 0.4) is 0 Å². The van der Waals surface area contributed by atoms with Crippen LogP contribution in [-0.2, 0) is 0 Å². The molecule has 1 saturated heterocycles. The third-order valence-corrected chi connectivity index (χ3v) is 3.47. The van der Waals surface area contributed by atoms with E-state index in [1.165, 1.54) is 6.42 Å². The minimum absolute atomic E-state index is 0.190. The Morgan fingerprint density at radius 3 is 3.24 bits per heavy atom. The molecule has 0 aromatic carbocycles. The summed E-state index contributed by atoms with van der Waals surface area (Å²) in [5.41, 5.74) is 0.859. The van der Waals surface area contributed by atoms with E-state index in [-0.39, 0.29) is 12.6 Å². The number of hydrogen-bond donors (Lipinski definition) is 1. The maximum Gasteiger partial charge on any atom is 0.140 e. The Bertz CT molecular complexity index is 509. The standard InChI is InChI=1S/C13H16N2O2/c16-9-10-3-1-2-7-15(10)13-11-5-8-17-12(11)4-6-14-13/h4-6,8,10,16H,1-3,7,9H2. The third-order valence-electron chi connectivity index (χ3n) is 3.47. The quantitative estimate of drug-likeness (QED) is 0.862. The molecule has 1 unspecified atom stereocenters.